The van der Waals surface area contributed by atoms with Gasteiger partial charge in [0.1, 0.15) is 11.8 Å². The second-order valence-corrected chi connectivity index (χ2v) is 13.9. The molecule has 1 saturated heterocycles. The van der Waals surface area contributed by atoms with Crippen molar-refractivity contribution in [3.05, 3.63) is 110 Å². The van der Waals surface area contributed by atoms with Crippen molar-refractivity contribution in [3.63, 3.8) is 0 Å². The number of imide groups is 1. The van der Waals surface area contributed by atoms with E-state index >= 15 is 0 Å². The van der Waals surface area contributed by atoms with Crippen molar-refractivity contribution in [3.8, 4) is 0 Å². The standard InChI is InChI=1S/C33H31N3O4S2/c1-19-10-16-23(17-11-19)36-29(38)26-25(20-12-14-21(15-13-20)33(2,3)4)28-31(41-27(26)30(36)39)35(32(40)42-28)18-24(37)34-22-8-6-5-7-9-22/h5-17,25-27H,18H2,1-4H3,(H,34,37)/t25-,26-,27+/m0/s1. The summed E-state index contributed by atoms with van der Waals surface area (Å²) in [7, 11) is 0. The van der Waals surface area contributed by atoms with E-state index in [9.17, 15) is 19.2 Å². The van der Waals surface area contributed by atoms with Crippen LogP contribution in [0.3, 0.4) is 0 Å². The fraction of sp³-hybridized carbons (Fsp3) is 0.273. The summed E-state index contributed by atoms with van der Waals surface area (Å²) < 4.78 is 1.45. The number of fused-ring (bicyclic) bond motifs is 2. The Kier molecular flexibility index (Phi) is 7.19. The maximum atomic E-state index is 14.1. The van der Waals surface area contributed by atoms with Gasteiger partial charge in [-0.25, -0.2) is 4.90 Å². The first kappa shape index (κ1) is 28.2. The third-order valence-corrected chi connectivity index (χ3v) is 10.4. The molecule has 6 rings (SSSR count). The molecule has 3 atom stereocenters. The molecule has 214 valence electrons. The Morgan fingerprint density at radius 3 is 2.19 bits per heavy atom. The van der Waals surface area contributed by atoms with Crippen LogP contribution in [0.15, 0.2) is 88.7 Å². The maximum absolute atomic E-state index is 14.1. The Labute approximate surface area is 252 Å². The van der Waals surface area contributed by atoms with E-state index in [1.165, 1.54) is 21.2 Å². The highest BCUT2D eigenvalue weighted by Crippen LogP contribution is 2.54. The fourth-order valence-corrected chi connectivity index (χ4v) is 8.39. The summed E-state index contributed by atoms with van der Waals surface area (Å²) in [6.07, 6.45) is 0. The number of para-hydroxylation sites is 1. The predicted octanol–water partition coefficient (Wildman–Crippen LogP) is 5.95. The molecule has 0 bridgehead atoms. The van der Waals surface area contributed by atoms with Crippen molar-refractivity contribution < 1.29 is 14.4 Å². The average Bonchev–Trinajstić information content (AvgIpc) is 3.40. The van der Waals surface area contributed by atoms with E-state index in [2.05, 4.69) is 38.2 Å². The minimum absolute atomic E-state index is 0.0592. The number of carbonyl (C=O) groups is 3. The van der Waals surface area contributed by atoms with Gasteiger partial charge < -0.3 is 5.32 Å². The van der Waals surface area contributed by atoms with Gasteiger partial charge in [-0.3, -0.25) is 23.7 Å². The Balaban J connectivity index is 1.43. The third kappa shape index (κ3) is 5.01. The van der Waals surface area contributed by atoms with Crippen molar-refractivity contribution in [2.75, 3.05) is 10.2 Å². The molecule has 0 spiro atoms. The third-order valence-electron chi connectivity index (χ3n) is 7.84. The van der Waals surface area contributed by atoms with Crippen LogP contribution in [0.5, 0.6) is 0 Å². The zero-order valence-electron chi connectivity index (χ0n) is 23.8. The predicted molar refractivity (Wildman–Crippen MR) is 167 cm³/mol. The number of benzene rings is 3. The van der Waals surface area contributed by atoms with Crippen molar-refractivity contribution in [2.45, 2.75) is 55.8 Å². The molecular formula is C33H31N3O4S2. The van der Waals surface area contributed by atoms with E-state index in [0.717, 1.165) is 28.0 Å². The summed E-state index contributed by atoms with van der Waals surface area (Å²) in [4.78, 5) is 56.1. The summed E-state index contributed by atoms with van der Waals surface area (Å²) in [5.41, 5.74) is 4.16. The molecule has 0 radical (unpaired) electrons. The van der Waals surface area contributed by atoms with Crippen LogP contribution in [0, 0.1) is 12.8 Å². The normalized spacial score (nSPS) is 19.9. The summed E-state index contributed by atoms with van der Waals surface area (Å²) in [6, 6.07) is 24.5. The fourth-order valence-electron chi connectivity index (χ4n) is 5.62. The molecule has 2 aliphatic heterocycles. The van der Waals surface area contributed by atoms with Crippen molar-refractivity contribution in [2.24, 2.45) is 5.92 Å². The Hall–Kier alpha value is -3.95. The van der Waals surface area contributed by atoms with Gasteiger partial charge in [0.25, 0.3) is 0 Å². The number of hydrogen-bond donors (Lipinski definition) is 1. The Morgan fingerprint density at radius 1 is 0.881 bits per heavy atom. The number of hydrogen-bond acceptors (Lipinski definition) is 6. The molecule has 3 aromatic carbocycles. The highest BCUT2D eigenvalue weighted by atomic mass is 32.2. The number of thioether (sulfide) groups is 1. The first-order chi connectivity index (χ1) is 20.0. The summed E-state index contributed by atoms with van der Waals surface area (Å²) >= 11 is 2.28. The van der Waals surface area contributed by atoms with E-state index in [4.69, 9.17) is 0 Å². The number of anilines is 2. The van der Waals surface area contributed by atoms with E-state index < -0.39 is 17.1 Å². The van der Waals surface area contributed by atoms with Gasteiger partial charge in [-0.1, -0.05) is 104 Å². The molecular weight excluding hydrogens is 567 g/mol. The topological polar surface area (TPSA) is 88.5 Å². The highest BCUT2D eigenvalue weighted by Gasteiger charge is 2.56. The number of rotatable bonds is 5. The largest absolute Gasteiger partial charge is 0.325 e. The SMILES string of the molecule is Cc1ccc(N2C(=O)[C@H]3[C@H](c4ccc(C(C)(C)C)cc4)c4sc(=O)n(CC(=O)Nc5ccccc5)c4S[C@H]3C2=O)cc1. The molecule has 0 unspecified atom stereocenters. The van der Waals surface area contributed by atoms with E-state index in [1.54, 1.807) is 24.3 Å². The van der Waals surface area contributed by atoms with Gasteiger partial charge in [-0.15, -0.1) is 0 Å². The van der Waals surface area contributed by atoms with Crippen molar-refractivity contribution in [1.82, 2.24) is 4.57 Å². The number of aryl methyl sites for hydroxylation is 1. The van der Waals surface area contributed by atoms with Crippen LogP contribution in [-0.4, -0.2) is 27.5 Å². The Bertz CT molecular complexity index is 1740. The van der Waals surface area contributed by atoms with E-state index in [-0.39, 0.29) is 34.6 Å². The number of amides is 3. The Morgan fingerprint density at radius 2 is 1.55 bits per heavy atom. The second-order valence-electron chi connectivity index (χ2n) is 11.8. The first-order valence-corrected chi connectivity index (χ1v) is 15.5. The molecule has 9 heteroatoms. The number of nitrogens with zero attached hydrogens (tertiary/aromatic N) is 2. The van der Waals surface area contributed by atoms with Crippen molar-refractivity contribution in [1.29, 1.82) is 0 Å². The van der Waals surface area contributed by atoms with Gasteiger partial charge in [-0.05, 0) is 47.7 Å². The molecule has 1 aromatic heterocycles. The lowest BCUT2D eigenvalue weighted by molar-refractivity contribution is -0.122. The summed E-state index contributed by atoms with van der Waals surface area (Å²) in [5.74, 6) is -2.09. The van der Waals surface area contributed by atoms with Crippen LogP contribution < -0.4 is 15.1 Å². The molecule has 7 nitrogen and oxygen atoms in total. The zero-order valence-corrected chi connectivity index (χ0v) is 25.4. The molecule has 1 N–H and O–H groups in total. The van der Waals surface area contributed by atoms with Gasteiger partial charge in [-0.2, -0.15) is 0 Å². The van der Waals surface area contributed by atoms with Crippen LogP contribution in [0.1, 0.15) is 48.3 Å². The van der Waals surface area contributed by atoms with Gasteiger partial charge in [0.05, 0.1) is 16.6 Å². The minimum atomic E-state index is -0.726. The monoisotopic (exact) mass is 597 g/mol. The molecule has 0 aliphatic carbocycles. The lowest BCUT2D eigenvalue weighted by atomic mass is 9.81. The quantitative estimate of drug-likeness (QED) is 0.287. The highest BCUT2D eigenvalue weighted by molar-refractivity contribution is 8.00. The van der Waals surface area contributed by atoms with Gasteiger partial charge in [0.2, 0.25) is 17.7 Å². The average molecular weight is 598 g/mol. The minimum Gasteiger partial charge on any atom is -0.325 e. The van der Waals surface area contributed by atoms with E-state index in [0.29, 0.717) is 21.3 Å². The smallest absolute Gasteiger partial charge is 0.308 e. The molecule has 1 fully saturated rings. The molecule has 42 heavy (non-hydrogen) atoms. The summed E-state index contributed by atoms with van der Waals surface area (Å²) in [6.45, 7) is 8.17. The van der Waals surface area contributed by atoms with E-state index in [1.807, 2.05) is 49.4 Å². The first-order valence-electron chi connectivity index (χ1n) is 13.8. The second kappa shape index (κ2) is 10.7. The number of carbonyl (C=O) groups excluding carboxylic acids is 3. The van der Waals surface area contributed by atoms with Crippen LogP contribution in [-0.2, 0) is 26.3 Å². The van der Waals surface area contributed by atoms with Crippen molar-refractivity contribution >= 4 is 52.2 Å². The zero-order chi connectivity index (χ0) is 29.8. The van der Waals surface area contributed by atoms with Gasteiger partial charge in [0, 0.05) is 16.5 Å². The lowest BCUT2D eigenvalue weighted by Crippen LogP contribution is -2.33. The van der Waals surface area contributed by atoms with Crippen LogP contribution in [0.4, 0.5) is 11.4 Å². The van der Waals surface area contributed by atoms with Crippen LogP contribution >= 0.6 is 23.1 Å². The maximum Gasteiger partial charge on any atom is 0.308 e. The molecule has 4 aromatic rings. The van der Waals surface area contributed by atoms with Gasteiger partial charge >= 0.3 is 4.87 Å². The van der Waals surface area contributed by atoms with Crippen LogP contribution in [0.25, 0.3) is 0 Å². The number of thiazole rings is 1. The van der Waals surface area contributed by atoms with Crippen LogP contribution in [0.2, 0.25) is 0 Å². The number of nitrogens with one attached hydrogen (secondary N) is 1. The van der Waals surface area contributed by atoms with Gasteiger partial charge in [0.15, 0.2) is 0 Å². The lowest BCUT2D eigenvalue weighted by Gasteiger charge is -2.31. The summed E-state index contributed by atoms with van der Waals surface area (Å²) in [5, 5.41) is 2.69. The molecule has 3 amide bonds. The molecule has 2 aliphatic rings. The number of aromatic nitrogens is 1. The molecule has 0 saturated carbocycles. The molecule has 3 heterocycles.